The lowest BCUT2D eigenvalue weighted by molar-refractivity contribution is -0.160. The van der Waals surface area contributed by atoms with Gasteiger partial charge >= 0.3 is 5.97 Å². The van der Waals surface area contributed by atoms with Gasteiger partial charge in [0.25, 0.3) is 0 Å². The lowest BCUT2D eigenvalue weighted by atomic mass is 10.1. The summed E-state index contributed by atoms with van der Waals surface area (Å²) in [5, 5.41) is 10.1. The molecule has 0 aliphatic heterocycles. The molecule has 0 saturated heterocycles. The largest absolute Gasteiger partial charge is 0.488 e. The van der Waals surface area contributed by atoms with E-state index < -0.39 is 5.97 Å². The Morgan fingerprint density at radius 1 is 1.03 bits per heavy atom. The fourth-order valence-electron chi connectivity index (χ4n) is 3.57. The quantitative estimate of drug-likeness (QED) is 0.154. The smallest absolute Gasteiger partial charge is 0.335 e. The third kappa shape index (κ3) is 5.46. The highest BCUT2D eigenvalue weighted by molar-refractivity contribution is 7.94. The van der Waals surface area contributed by atoms with E-state index in [1.807, 2.05) is 72.2 Å². The van der Waals surface area contributed by atoms with Crippen LogP contribution in [0.2, 0.25) is 5.02 Å². The van der Waals surface area contributed by atoms with Crippen LogP contribution < -0.4 is 4.74 Å². The van der Waals surface area contributed by atoms with Crippen molar-refractivity contribution in [2.24, 2.45) is 0 Å². The highest BCUT2D eigenvalue weighted by Crippen LogP contribution is 2.37. The Balaban J connectivity index is 1.77. The van der Waals surface area contributed by atoms with Gasteiger partial charge in [0.2, 0.25) is 0 Å². The molecular formula is C26H22ClNO5S. The van der Waals surface area contributed by atoms with Gasteiger partial charge in [-0.05, 0) is 73.2 Å². The molecule has 4 aromatic rings. The van der Waals surface area contributed by atoms with E-state index in [-0.39, 0.29) is 5.56 Å². The van der Waals surface area contributed by atoms with Gasteiger partial charge in [-0.2, -0.15) is 4.33 Å². The van der Waals surface area contributed by atoms with Crippen LogP contribution in [0.15, 0.2) is 83.8 Å². The SMILES string of the molecule is COOSc1ccc(OCc2ccc(Cl)cc2)c(-c2ccc(C)n2-c2cccc(C(=O)O)c2)c1. The Hall–Kier alpha value is -3.23. The summed E-state index contributed by atoms with van der Waals surface area (Å²) in [5.41, 5.74) is 4.57. The zero-order chi connectivity index (χ0) is 24.1. The minimum absolute atomic E-state index is 0.216. The summed E-state index contributed by atoms with van der Waals surface area (Å²) >= 11 is 7.09. The second kappa shape index (κ2) is 10.8. The van der Waals surface area contributed by atoms with Gasteiger partial charge in [0, 0.05) is 26.9 Å². The van der Waals surface area contributed by atoms with Gasteiger partial charge in [0.15, 0.2) is 0 Å². The second-order valence-electron chi connectivity index (χ2n) is 7.44. The van der Waals surface area contributed by atoms with E-state index in [1.54, 1.807) is 18.2 Å². The van der Waals surface area contributed by atoms with Crippen molar-refractivity contribution in [2.75, 3.05) is 7.11 Å². The Kier molecular flexibility index (Phi) is 7.59. The number of nitrogens with zero attached hydrogens (tertiary/aromatic N) is 1. The predicted molar refractivity (Wildman–Crippen MR) is 133 cm³/mol. The lowest BCUT2D eigenvalue weighted by Gasteiger charge is -2.17. The van der Waals surface area contributed by atoms with Crippen LogP contribution in [0.3, 0.4) is 0 Å². The summed E-state index contributed by atoms with van der Waals surface area (Å²) in [7, 11) is 1.45. The highest BCUT2D eigenvalue weighted by atomic mass is 35.5. The third-order valence-corrected chi connectivity index (χ3v) is 6.06. The van der Waals surface area contributed by atoms with Crippen molar-refractivity contribution in [1.82, 2.24) is 4.57 Å². The van der Waals surface area contributed by atoms with Crippen LogP contribution in [-0.4, -0.2) is 22.8 Å². The molecule has 0 aliphatic carbocycles. The Morgan fingerprint density at radius 2 is 1.82 bits per heavy atom. The Labute approximate surface area is 206 Å². The maximum Gasteiger partial charge on any atom is 0.335 e. The van der Waals surface area contributed by atoms with Crippen molar-refractivity contribution in [3.8, 4) is 22.7 Å². The normalized spacial score (nSPS) is 10.9. The number of aromatic carboxylic acids is 1. The fraction of sp³-hybridized carbons (Fsp3) is 0.115. The van der Waals surface area contributed by atoms with E-state index in [2.05, 4.69) is 0 Å². The average molecular weight is 496 g/mol. The minimum atomic E-state index is -0.977. The first-order valence-corrected chi connectivity index (χ1v) is 11.5. The molecule has 4 rings (SSSR count). The molecule has 8 heteroatoms. The van der Waals surface area contributed by atoms with Crippen LogP contribution in [0.25, 0.3) is 16.9 Å². The maximum atomic E-state index is 11.5. The molecule has 0 spiro atoms. The van der Waals surface area contributed by atoms with E-state index in [0.717, 1.165) is 45.1 Å². The molecule has 34 heavy (non-hydrogen) atoms. The number of aryl methyl sites for hydroxylation is 1. The van der Waals surface area contributed by atoms with Crippen molar-refractivity contribution >= 4 is 29.6 Å². The lowest BCUT2D eigenvalue weighted by Crippen LogP contribution is -2.04. The van der Waals surface area contributed by atoms with Gasteiger partial charge in [-0.1, -0.05) is 29.8 Å². The summed E-state index contributed by atoms with van der Waals surface area (Å²) in [6.45, 7) is 2.33. The number of carboxylic acids is 1. The molecule has 3 aromatic carbocycles. The molecule has 0 atom stereocenters. The van der Waals surface area contributed by atoms with Crippen LogP contribution in [0.4, 0.5) is 0 Å². The monoisotopic (exact) mass is 495 g/mol. The number of carbonyl (C=O) groups is 1. The summed E-state index contributed by atoms with van der Waals surface area (Å²) in [4.78, 5) is 17.1. The number of benzene rings is 3. The zero-order valence-electron chi connectivity index (χ0n) is 18.5. The fourth-order valence-corrected chi connectivity index (χ4v) is 4.13. The highest BCUT2D eigenvalue weighted by Gasteiger charge is 2.17. The van der Waals surface area contributed by atoms with Gasteiger partial charge in [-0.3, -0.25) is 0 Å². The first-order chi connectivity index (χ1) is 16.5. The van der Waals surface area contributed by atoms with E-state index >= 15 is 0 Å². The first-order valence-electron chi connectivity index (χ1n) is 10.4. The Bertz CT molecular complexity index is 1300. The number of halogens is 1. The van der Waals surface area contributed by atoms with Gasteiger partial charge in [0.05, 0.1) is 30.4 Å². The van der Waals surface area contributed by atoms with E-state index in [4.69, 9.17) is 25.6 Å². The van der Waals surface area contributed by atoms with Gasteiger partial charge < -0.3 is 14.4 Å². The van der Waals surface area contributed by atoms with Crippen molar-refractivity contribution in [2.45, 2.75) is 18.4 Å². The van der Waals surface area contributed by atoms with Crippen LogP contribution in [0.1, 0.15) is 21.6 Å². The maximum absolute atomic E-state index is 11.5. The molecule has 6 nitrogen and oxygen atoms in total. The standard InChI is InChI=1S/C26H22ClNO5S/c1-17-6-12-24(28(17)21-5-3-4-19(14-21)26(29)30)23-15-22(34-33-31-2)11-13-25(23)32-16-18-7-9-20(27)10-8-18/h3-15H,16H2,1-2H3,(H,29,30). The predicted octanol–water partition coefficient (Wildman–Crippen LogP) is 6.97. The molecule has 0 fully saturated rings. The zero-order valence-corrected chi connectivity index (χ0v) is 20.1. The molecule has 1 heterocycles. The average Bonchev–Trinajstić information content (AvgIpc) is 3.23. The van der Waals surface area contributed by atoms with Crippen molar-refractivity contribution in [3.05, 3.63) is 101 Å². The van der Waals surface area contributed by atoms with E-state index in [1.165, 1.54) is 7.11 Å². The summed E-state index contributed by atoms with van der Waals surface area (Å²) in [6, 6.07) is 24.0. The number of aromatic nitrogens is 1. The molecule has 1 N–H and O–H groups in total. The number of ether oxygens (including phenoxy) is 1. The summed E-state index contributed by atoms with van der Waals surface area (Å²) < 4.78 is 13.3. The number of hydrogen-bond donors (Lipinski definition) is 1. The van der Waals surface area contributed by atoms with Crippen LogP contribution in [0, 0.1) is 6.92 Å². The van der Waals surface area contributed by atoms with Gasteiger partial charge in [-0.15, -0.1) is 0 Å². The minimum Gasteiger partial charge on any atom is -0.488 e. The van der Waals surface area contributed by atoms with Crippen LogP contribution in [0.5, 0.6) is 5.75 Å². The van der Waals surface area contributed by atoms with Gasteiger partial charge in [0.1, 0.15) is 12.4 Å². The molecule has 0 amide bonds. The molecule has 0 bridgehead atoms. The van der Waals surface area contributed by atoms with Crippen LogP contribution in [-0.2, 0) is 15.8 Å². The molecule has 1 aromatic heterocycles. The van der Waals surface area contributed by atoms with E-state index in [0.29, 0.717) is 17.4 Å². The van der Waals surface area contributed by atoms with Crippen molar-refractivity contribution in [1.29, 1.82) is 0 Å². The topological polar surface area (TPSA) is 69.9 Å². The molecule has 0 saturated carbocycles. The summed E-state index contributed by atoms with van der Waals surface area (Å²) in [5.74, 6) is -0.305. The van der Waals surface area contributed by atoms with Crippen LogP contribution >= 0.6 is 23.6 Å². The molecule has 0 radical (unpaired) electrons. The summed E-state index contributed by atoms with van der Waals surface area (Å²) in [6.07, 6.45) is 0. The molecular weight excluding hydrogens is 474 g/mol. The third-order valence-electron chi connectivity index (χ3n) is 5.16. The molecule has 0 aliphatic rings. The molecule has 174 valence electrons. The van der Waals surface area contributed by atoms with E-state index in [9.17, 15) is 9.90 Å². The van der Waals surface area contributed by atoms with Gasteiger partial charge in [-0.25, -0.2) is 9.68 Å². The number of carboxylic acid groups (broad SMARTS) is 1. The number of hydrogen-bond acceptors (Lipinski definition) is 5. The van der Waals surface area contributed by atoms with Crippen molar-refractivity contribution < 1.29 is 23.9 Å². The second-order valence-corrected chi connectivity index (χ2v) is 8.65. The molecule has 0 unspecified atom stereocenters. The number of rotatable bonds is 9. The Morgan fingerprint density at radius 3 is 2.56 bits per heavy atom. The van der Waals surface area contributed by atoms with Crippen molar-refractivity contribution in [3.63, 3.8) is 0 Å². The first kappa shape index (κ1) is 23.9.